The van der Waals surface area contributed by atoms with Gasteiger partial charge in [0.15, 0.2) is 16.9 Å². The predicted octanol–water partition coefficient (Wildman–Crippen LogP) is 12.5. The van der Waals surface area contributed by atoms with E-state index in [1.165, 1.54) is 28.0 Å². The van der Waals surface area contributed by atoms with Crippen LogP contribution < -0.4 is 26.5 Å². The largest absolute Gasteiger partial charge is 0.457 e. The number of fused-ring (bicyclic) bond motifs is 1. The molecular weight excluding hydrogens is 1140 g/mol. The summed E-state index contributed by atoms with van der Waals surface area (Å²) in [5.41, 5.74) is 1.90. The summed E-state index contributed by atoms with van der Waals surface area (Å²) in [6.45, 7) is 5.36. The number of carbonyl (C=O) groups is 4. The van der Waals surface area contributed by atoms with Crippen LogP contribution in [-0.2, 0) is 39.0 Å². The number of thiazole rings is 1. The van der Waals surface area contributed by atoms with Crippen LogP contribution in [0.1, 0.15) is 79.6 Å². The van der Waals surface area contributed by atoms with Gasteiger partial charge in [-0.25, -0.2) is 14.6 Å². The minimum atomic E-state index is -2.64. The van der Waals surface area contributed by atoms with E-state index < -0.39 is 65.3 Å². The molecule has 3 heterocycles. The number of β-lactam (4-membered cyclic amide) rings is 1. The molecule has 2 atom stereocenters. The Morgan fingerprint density at radius 1 is 0.655 bits per heavy atom. The molecule has 12 nitrogen and oxygen atoms in total. The van der Waals surface area contributed by atoms with Crippen molar-refractivity contribution in [3.8, 4) is 0 Å². The van der Waals surface area contributed by atoms with E-state index >= 15 is 14.4 Å². The molecule has 0 spiro atoms. The Balaban J connectivity index is 0.931. The van der Waals surface area contributed by atoms with Gasteiger partial charge in [0.1, 0.15) is 57.1 Å². The van der Waals surface area contributed by atoms with Gasteiger partial charge in [0.05, 0.1) is 6.16 Å². The van der Waals surface area contributed by atoms with Gasteiger partial charge in [-0.2, -0.15) is 0 Å². The van der Waals surface area contributed by atoms with Gasteiger partial charge in [-0.15, -0.1) is 23.1 Å². The molecule has 1 aromatic heterocycles. The first-order valence-electron chi connectivity index (χ1n) is 29.1. The average molecular weight is 1210 g/mol. The van der Waals surface area contributed by atoms with Crippen LogP contribution in [0.25, 0.3) is 0 Å². The van der Waals surface area contributed by atoms with E-state index in [1.807, 2.05) is 170 Å². The van der Waals surface area contributed by atoms with Crippen LogP contribution in [0, 0.1) is 0 Å². The standard InChI is InChI=1S/C72H64N5O7PS2/c1-70(2,3)83-68(81)71(45-28-46-71)84-76-60(59-49-87-69(73-59)75-72(53-33-16-6-17-34-53,54-35-18-7-19-36-54)55-37-20-8-21-38-55)64(78)74-61-65(79)77-62(67(80)82-63(50-29-12-4-13-30-50)51-31-14-5-15-32-51)52(48-86-66(61)77)47-85(56-39-22-9-23-40-56,57-41-24-10-25-42-57)58-43-26-11-27-44-58/h4-27,29-44,49,61,63,66H,28,45-48H2,1-3H3,(H-,73,74,75,78)/p+1/b76-60-/t61?,66-/m1/s1. The summed E-state index contributed by atoms with van der Waals surface area (Å²) in [6.07, 6.45) is 0.900. The minimum absolute atomic E-state index is 0.143. The molecule has 3 aliphatic rings. The fraction of sp³-hybridized carbons (Fsp3) is 0.194. The van der Waals surface area contributed by atoms with Gasteiger partial charge >= 0.3 is 11.9 Å². The summed E-state index contributed by atoms with van der Waals surface area (Å²) < 4.78 is 12.6. The topological polar surface area (TPSA) is 149 Å². The van der Waals surface area contributed by atoms with E-state index in [-0.39, 0.29) is 17.1 Å². The number of carbonyl (C=O) groups excluding carboxylic acids is 4. The van der Waals surface area contributed by atoms with Crippen molar-refractivity contribution in [1.29, 1.82) is 0 Å². The maximum absolute atomic E-state index is 15.7. The first-order valence-corrected chi connectivity index (χ1v) is 33.0. The van der Waals surface area contributed by atoms with E-state index in [4.69, 9.17) is 19.3 Å². The van der Waals surface area contributed by atoms with Gasteiger partial charge in [-0.05, 0) is 91.4 Å². The zero-order chi connectivity index (χ0) is 60.0. The number of anilines is 1. The monoisotopic (exact) mass is 1210 g/mol. The third kappa shape index (κ3) is 11.8. The van der Waals surface area contributed by atoms with Gasteiger partial charge in [-0.3, -0.25) is 14.5 Å². The van der Waals surface area contributed by atoms with Crippen molar-refractivity contribution in [1.82, 2.24) is 15.2 Å². The van der Waals surface area contributed by atoms with Gasteiger partial charge in [0, 0.05) is 29.5 Å². The summed E-state index contributed by atoms with van der Waals surface area (Å²) in [5.74, 6) is -2.20. The number of benzene rings is 8. The highest BCUT2D eigenvalue weighted by Gasteiger charge is 2.58. The molecule has 9 aromatic rings. The van der Waals surface area contributed by atoms with Gasteiger partial charge in [-0.1, -0.05) is 211 Å². The summed E-state index contributed by atoms with van der Waals surface area (Å²) in [6, 6.07) is 79.5. The molecule has 87 heavy (non-hydrogen) atoms. The summed E-state index contributed by atoms with van der Waals surface area (Å²) >= 11 is 2.74. The molecule has 15 heteroatoms. The Labute approximate surface area is 516 Å². The number of amides is 2. The van der Waals surface area contributed by atoms with Crippen LogP contribution in [0.2, 0.25) is 0 Å². The number of hydrogen-bond donors (Lipinski definition) is 2. The highest BCUT2D eigenvalue weighted by molar-refractivity contribution is 8.00. The second-order valence-corrected chi connectivity index (χ2v) is 28.2. The van der Waals surface area contributed by atoms with E-state index in [1.54, 1.807) is 26.2 Å². The quantitative estimate of drug-likeness (QED) is 0.0189. The lowest BCUT2D eigenvalue weighted by Gasteiger charge is -2.50. The molecule has 2 aliphatic heterocycles. The zero-order valence-electron chi connectivity index (χ0n) is 48.4. The first-order chi connectivity index (χ1) is 42.4. The third-order valence-corrected chi connectivity index (χ3v) is 22.6. The maximum atomic E-state index is 15.7. The number of rotatable bonds is 20. The number of esters is 2. The molecule has 1 saturated heterocycles. The van der Waals surface area contributed by atoms with Gasteiger partial charge in [0.25, 0.3) is 11.8 Å². The highest BCUT2D eigenvalue weighted by Crippen LogP contribution is 2.58. The molecule has 1 aliphatic carbocycles. The zero-order valence-corrected chi connectivity index (χ0v) is 50.9. The molecule has 2 amide bonds. The predicted molar refractivity (Wildman–Crippen MR) is 348 cm³/mol. The second kappa shape index (κ2) is 25.2. The molecule has 1 unspecified atom stereocenters. The Kier molecular flexibility index (Phi) is 16.9. The van der Waals surface area contributed by atoms with Crippen LogP contribution >= 0.6 is 30.4 Å². The highest BCUT2D eigenvalue weighted by atomic mass is 32.2. The van der Waals surface area contributed by atoms with Crippen molar-refractivity contribution in [2.24, 2.45) is 5.16 Å². The van der Waals surface area contributed by atoms with Gasteiger partial charge < -0.3 is 24.9 Å². The van der Waals surface area contributed by atoms with Crippen molar-refractivity contribution < 1.29 is 33.5 Å². The molecule has 436 valence electrons. The van der Waals surface area contributed by atoms with E-state index in [2.05, 4.69) is 88.6 Å². The summed E-state index contributed by atoms with van der Waals surface area (Å²) in [7, 11) is -2.64. The number of thioether (sulfide) groups is 1. The Bertz CT molecular complexity index is 3710. The number of oxime groups is 1. The fourth-order valence-electron chi connectivity index (χ4n) is 11.7. The molecule has 8 aromatic carbocycles. The Morgan fingerprint density at radius 2 is 1.10 bits per heavy atom. The molecule has 2 N–H and O–H groups in total. The SMILES string of the molecule is CC(C)(C)OC(=O)C1(O/N=C(\C(=O)NC2C(=O)N3C(C(=O)OC(c4ccccc4)c4ccccc4)=C(C[P+](c4ccccc4)(c4ccccc4)c4ccccc4)CS[C@H]23)c2csc(NC(c3ccccc3)(c3ccccc3)c3ccccc3)n2)CCC1. The summed E-state index contributed by atoms with van der Waals surface area (Å²) in [5, 5.41) is 16.1. The van der Waals surface area contributed by atoms with E-state index in [0.717, 1.165) is 49.3 Å². The Hall–Kier alpha value is -8.94. The van der Waals surface area contributed by atoms with Crippen molar-refractivity contribution in [2.75, 3.05) is 17.2 Å². The molecule has 1 saturated carbocycles. The number of nitrogens with one attached hydrogen (secondary N) is 2. The van der Waals surface area contributed by atoms with Crippen molar-refractivity contribution in [2.45, 2.75) is 74.3 Å². The molecule has 0 bridgehead atoms. The minimum Gasteiger partial charge on any atom is -0.457 e. The first kappa shape index (κ1) is 58.4. The Morgan fingerprint density at radius 3 is 1.54 bits per heavy atom. The van der Waals surface area contributed by atoms with Crippen molar-refractivity contribution >= 4 is 80.9 Å². The third-order valence-electron chi connectivity index (χ3n) is 16.1. The van der Waals surface area contributed by atoms with Crippen LogP contribution in [0.15, 0.2) is 264 Å². The number of aromatic nitrogens is 1. The maximum Gasteiger partial charge on any atom is 0.356 e. The fourth-order valence-corrected chi connectivity index (χ4v) is 18.3. The lowest BCUT2D eigenvalue weighted by molar-refractivity contribution is -0.196. The van der Waals surface area contributed by atoms with Crippen molar-refractivity contribution in [3.63, 3.8) is 0 Å². The van der Waals surface area contributed by atoms with Crippen LogP contribution in [0.5, 0.6) is 0 Å². The van der Waals surface area contributed by atoms with E-state index in [0.29, 0.717) is 36.3 Å². The number of nitrogens with zero attached hydrogens (tertiary/aromatic N) is 3. The van der Waals surface area contributed by atoms with E-state index in [9.17, 15) is 4.79 Å². The smallest absolute Gasteiger partial charge is 0.356 e. The van der Waals surface area contributed by atoms with Crippen LogP contribution in [-0.4, -0.2) is 73.9 Å². The lowest BCUT2D eigenvalue weighted by Crippen LogP contribution is -2.71. The molecule has 12 rings (SSSR count). The molecular formula is C72H65N5O7PS2+. The second-order valence-electron chi connectivity index (χ2n) is 22.8. The van der Waals surface area contributed by atoms with Crippen LogP contribution in [0.4, 0.5) is 5.13 Å². The van der Waals surface area contributed by atoms with Crippen LogP contribution in [0.3, 0.4) is 0 Å². The number of ether oxygens (including phenoxy) is 2. The lowest BCUT2D eigenvalue weighted by atomic mass is 9.77. The van der Waals surface area contributed by atoms with Gasteiger partial charge in [0.2, 0.25) is 5.60 Å². The number of hydrogen-bond acceptors (Lipinski definition) is 12. The summed E-state index contributed by atoms with van der Waals surface area (Å²) in [4.78, 5) is 73.3. The van der Waals surface area contributed by atoms with Crippen molar-refractivity contribution in [3.05, 3.63) is 293 Å². The molecule has 2 fully saturated rings. The average Bonchev–Trinajstić information content (AvgIpc) is 1.10. The normalized spacial score (nSPS) is 16.6. The molecule has 0 radical (unpaired) electrons.